The molecule has 0 aromatic heterocycles. The molecule has 1 amide bonds. The number of thioether (sulfide) groups is 1. The molecule has 4 rings (SSSR count). The van der Waals surface area contributed by atoms with E-state index in [2.05, 4.69) is 36.9 Å². The number of benzene rings is 2. The molecule has 2 aromatic rings. The van der Waals surface area contributed by atoms with Crippen LogP contribution in [0.2, 0.25) is 0 Å². The Morgan fingerprint density at radius 1 is 0.909 bits per heavy atom. The normalized spacial score (nSPS) is 17.9. The number of nitrogens with zero attached hydrogens (tertiary/aromatic N) is 3. The molecule has 2 fully saturated rings. The van der Waals surface area contributed by atoms with Crippen LogP contribution in [0.25, 0.3) is 0 Å². The van der Waals surface area contributed by atoms with Gasteiger partial charge in [0.05, 0.1) is 10.5 Å². The van der Waals surface area contributed by atoms with E-state index in [0.29, 0.717) is 31.7 Å². The molecule has 0 atom stereocenters. The van der Waals surface area contributed by atoms with Crippen molar-refractivity contribution in [1.29, 1.82) is 0 Å². The van der Waals surface area contributed by atoms with Crippen molar-refractivity contribution in [2.75, 3.05) is 50.4 Å². The van der Waals surface area contributed by atoms with E-state index in [4.69, 9.17) is 0 Å². The fourth-order valence-corrected chi connectivity index (χ4v) is 6.70. The summed E-state index contributed by atoms with van der Waals surface area (Å²) in [6.07, 6.45) is 5.07. The molecule has 6 nitrogen and oxygen atoms in total. The predicted octanol–water partition coefficient (Wildman–Crippen LogP) is 4.16. The number of hydrogen-bond donors (Lipinski definition) is 0. The molecule has 2 saturated heterocycles. The quantitative estimate of drug-likeness (QED) is 0.593. The van der Waals surface area contributed by atoms with Gasteiger partial charge in [0.1, 0.15) is 0 Å². The summed E-state index contributed by atoms with van der Waals surface area (Å²) in [4.78, 5) is 18.3. The van der Waals surface area contributed by atoms with Crippen LogP contribution < -0.4 is 4.90 Å². The Labute approximate surface area is 202 Å². The molecule has 0 N–H and O–H groups in total. The van der Waals surface area contributed by atoms with E-state index in [1.165, 1.54) is 28.6 Å². The highest BCUT2D eigenvalue weighted by Crippen LogP contribution is 2.29. The first-order chi connectivity index (χ1) is 15.8. The molecule has 2 aliphatic heterocycles. The Morgan fingerprint density at radius 2 is 1.61 bits per heavy atom. The summed E-state index contributed by atoms with van der Waals surface area (Å²) >= 11 is 1.48. The summed E-state index contributed by atoms with van der Waals surface area (Å²) in [6, 6.07) is 11.3. The van der Waals surface area contributed by atoms with Crippen LogP contribution in [0.15, 0.2) is 46.2 Å². The van der Waals surface area contributed by atoms with Gasteiger partial charge in [-0.25, -0.2) is 8.42 Å². The Bertz CT molecular complexity index is 1120. The highest BCUT2D eigenvalue weighted by atomic mass is 32.2. The van der Waals surface area contributed by atoms with E-state index in [0.717, 1.165) is 37.2 Å². The van der Waals surface area contributed by atoms with E-state index < -0.39 is 10.0 Å². The number of anilines is 1. The number of piperidine rings is 1. The molecule has 0 bridgehead atoms. The van der Waals surface area contributed by atoms with Crippen LogP contribution in [0.5, 0.6) is 0 Å². The van der Waals surface area contributed by atoms with Gasteiger partial charge >= 0.3 is 0 Å². The van der Waals surface area contributed by atoms with Crippen LogP contribution in [0, 0.1) is 13.8 Å². The maximum atomic E-state index is 13.5. The smallest absolute Gasteiger partial charge is 0.255 e. The van der Waals surface area contributed by atoms with Crippen molar-refractivity contribution in [3.8, 4) is 0 Å². The van der Waals surface area contributed by atoms with Gasteiger partial charge in [0.2, 0.25) is 10.0 Å². The van der Waals surface area contributed by atoms with Crippen molar-refractivity contribution in [3.63, 3.8) is 0 Å². The van der Waals surface area contributed by atoms with Crippen molar-refractivity contribution in [2.24, 2.45) is 0 Å². The summed E-state index contributed by atoms with van der Waals surface area (Å²) in [5, 5.41) is 0. The Morgan fingerprint density at radius 3 is 2.27 bits per heavy atom. The predicted molar refractivity (Wildman–Crippen MR) is 135 cm³/mol. The fraction of sp³-hybridized carbons (Fsp3) is 0.480. The molecule has 2 aliphatic rings. The Balaban J connectivity index is 1.54. The van der Waals surface area contributed by atoms with Crippen molar-refractivity contribution in [3.05, 3.63) is 53.1 Å². The van der Waals surface area contributed by atoms with Crippen LogP contribution in [-0.4, -0.2) is 69.1 Å². The number of aryl methyl sites for hydroxylation is 1. The minimum atomic E-state index is -3.67. The highest BCUT2D eigenvalue weighted by Gasteiger charge is 2.31. The van der Waals surface area contributed by atoms with Gasteiger partial charge in [0.15, 0.2) is 0 Å². The van der Waals surface area contributed by atoms with Gasteiger partial charge in [-0.2, -0.15) is 4.31 Å². The van der Waals surface area contributed by atoms with Crippen molar-refractivity contribution in [2.45, 2.75) is 42.9 Å². The average Bonchev–Trinajstić information content (AvgIpc) is 2.85. The lowest BCUT2D eigenvalue weighted by molar-refractivity contribution is 0.0720. The summed E-state index contributed by atoms with van der Waals surface area (Å²) < 4.78 is 28.5. The van der Waals surface area contributed by atoms with Crippen LogP contribution in [-0.2, 0) is 10.0 Å². The van der Waals surface area contributed by atoms with E-state index >= 15 is 0 Å². The number of sulfonamides is 1. The van der Waals surface area contributed by atoms with E-state index in [1.54, 1.807) is 22.5 Å². The topological polar surface area (TPSA) is 60.9 Å². The standard InChI is InChI=1S/C25H33N3O3S2/c1-19-8-7-9-23(20(19)2)26-14-16-28(17-15-26)33(30,31)21-10-11-24(32-3)22(18-21)25(29)27-12-5-4-6-13-27/h7-11,18H,4-6,12-17H2,1-3H3. The van der Waals surface area contributed by atoms with Crippen molar-refractivity contribution >= 4 is 33.4 Å². The third-order valence-corrected chi connectivity index (χ3v) is 9.53. The van der Waals surface area contributed by atoms with Crippen LogP contribution in [0.4, 0.5) is 5.69 Å². The lowest BCUT2D eigenvalue weighted by Gasteiger charge is -2.36. The lowest BCUT2D eigenvalue weighted by atomic mass is 10.1. The minimum absolute atomic E-state index is 0.0594. The van der Waals surface area contributed by atoms with Crippen molar-refractivity contribution in [1.82, 2.24) is 9.21 Å². The van der Waals surface area contributed by atoms with Gasteiger partial charge in [0, 0.05) is 49.9 Å². The summed E-state index contributed by atoms with van der Waals surface area (Å²) in [7, 11) is -3.67. The summed E-state index contributed by atoms with van der Waals surface area (Å²) in [5.74, 6) is -0.0594. The van der Waals surface area contributed by atoms with Gasteiger partial charge < -0.3 is 9.80 Å². The van der Waals surface area contributed by atoms with Gasteiger partial charge in [-0.3, -0.25) is 4.79 Å². The number of hydrogen-bond acceptors (Lipinski definition) is 5. The number of amides is 1. The zero-order chi connectivity index (χ0) is 23.6. The van der Waals surface area contributed by atoms with Gasteiger partial charge in [-0.05, 0) is 74.8 Å². The average molecular weight is 488 g/mol. The first-order valence-electron chi connectivity index (χ1n) is 11.6. The van der Waals surface area contributed by atoms with E-state index in [9.17, 15) is 13.2 Å². The zero-order valence-corrected chi connectivity index (χ0v) is 21.3. The Kier molecular flexibility index (Phi) is 7.36. The monoisotopic (exact) mass is 487 g/mol. The molecular formula is C25H33N3O3S2. The third-order valence-electron chi connectivity index (χ3n) is 6.84. The number of rotatable bonds is 5. The van der Waals surface area contributed by atoms with Crippen LogP contribution in [0.1, 0.15) is 40.7 Å². The third kappa shape index (κ3) is 4.93. The second-order valence-corrected chi connectivity index (χ2v) is 11.6. The number of piperazine rings is 1. The van der Waals surface area contributed by atoms with E-state index in [-0.39, 0.29) is 10.8 Å². The van der Waals surface area contributed by atoms with Crippen LogP contribution in [0.3, 0.4) is 0 Å². The number of carbonyl (C=O) groups excluding carboxylic acids is 1. The number of carbonyl (C=O) groups is 1. The van der Waals surface area contributed by atoms with Gasteiger partial charge in [-0.1, -0.05) is 12.1 Å². The van der Waals surface area contributed by atoms with Crippen molar-refractivity contribution < 1.29 is 13.2 Å². The summed E-state index contributed by atoms with van der Waals surface area (Å²) in [6.45, 7) is 7.83. The maximum absolute atomic E-state index is 13.5. The largest absolute Gasteiger partial charge is 0.369 e. The lowest BCUT2D eigenvalue weighted by Crippen LogP contribution is -2.48. The first kappa shape index (κ1) is 24.1. The first-order valence-corrected chi connectivity index (χ1v) is 14.3. The SMILES string of the molecule is CSc1ccc(S(=O)(=O)N2CCN(c3cccc(C)c3C)CC2)cc1C(=O)N1CCCCC1. The number of likely N-dealkylation sites (tertiary alicyclic amines) is 1. The highest BCUT2D eigenvalue weighted by molar-refractivity contribution is 7.98. The van der Waals surface area contributed by atoms with E-state index in [1.807, 2.05) is 11.2 Å². The minimum Gasteiger partial charge on any atom is -0.369 e. The second-order valence-electron chi connectivity index (χ2n) is 8.83. The molecule has 2 aromatic carbocycles. The molecule has 0 spiro atoms. The second kappa shape index (κ2) is 10.1. The molecule has 0 aliphatic carbocycles. The molecule has 0 saturated carbocycles. The Hall–Kier alpha value is -2.03. The molecule has 2 heterocycles. The molecule has 33 heavy (non-hydrogen) atoms. The zero-order valence-electron chi connectivity index (χ0n) is 19.7. The fourth-order valence-electron chi connectivity index (χ4n) is 4.68. The maximum Gasteiger partial charge on any atom is 0.255 e. The molecular weight excluding hydrogens is 454 g/mol. The molecule has 178 valence electrons. The molecule has 8 heteroatoms. The van der Waals surface area contributed by atoms with Gasteiger partial charge in [0.25, 0.3) is 5.91 Å². The summed E-state index contributed by atoms with van der Waals surface area (Å²) in [5.41, 5.74) is 4.15. The van der Waals surface area contributed by atoms with Crippen LogP contribution >= 0.6 is 11.8 Å². The molecule has 0 unspecified atom stereocenters. The van der Waals surface area contributed by atoms with Gasteiger partial charge in [-0.15, -0.1) is 11.8 Å². The molecule has 0 radical (unpaired) electrons.